The smallest absolute Gasteiger partial charge is 1.00 e. The van der Waals surface area contributed by atoms with E-state index in [-0.39, 0.29) is 62.0 Å². The van der Waals surface area contributed by atoms with Gasteiger partial charge in [0, 0.05) is 0 Å². The average molecular weight is 208 g/mol. The summed E-state index contributed by atoms with van der Waals surface area (Å²) in [5, 5.41) is 13.9. The number of hydrogen-bond donors (Lipinski definition) is 4. The Morgan fingerprint density at radius 2 is 1.09 bits per heavy atom. The molecule has 60 valence electrons. The third-order valence-corrected chi connectivity index (χ3v) is 0. The largest absolute Gasteiger partial charge is 1.00 e. The van der Waals surface area contributed by atoms with E-state index >= 15 is 0 Å². The van der Waals surface area contributed by atoms with Gasteiger partial charge in [0.2, 0.25) is 0 Å². The Bertz CT molecular complexity index is 167. The SMILES string of the molecule is O=C(O)O.O=S(=O)(O)O.[H-].[H-].[Na+].[Na+]. The summed E-state index contributed by atoms with van der Waals surface area (Å²) in [5.41, 5.74) is 0. The average Bonchev–Trinajstić information content (AvgIpc) is 1.19. The van der Waals surface area contributed by atoms with Gasteiger partial charge in [-0.3, -0.25) is 9.11 Å². The van der Waals surface area contributed by atoms with E-state index in [1.54, 1.807) is 0 Å². The second-order valence-electron chi connectivity index (χ2n) is 0.730. The third-order valence-electron chi connectivity index (χ3n) is 0. The maximum absolute atomic E-state index is 8.74. The molecule has 0 bridgehead atoms. The van der Waals surface area contributed by atoms with E-state index in [2.05, 4.69) is 0 Å². The van der Waals surface area contributed by atoms with Crippen LogP contribution in [0.4, 0.5) is 4.79 Å². The summed E-state index contributed by atoms with van der Waals surface area (Å²) in [6.45, 7) is 0. The van der Waals surface area contributed by atoms with E-state index < -0.39 is 16.6 Å². The Balaban J connectivity index is -0.0000000146. The maximum Gasteiger partial charge on any atom is 1.00 e. The van der Waals surface area contributed by atoms with Gasteiger partial charge in [0.1, 0.15) is 0 Å². The van der Waals surface area contributed by atoms with Crippen LogP contribution in [0.25, 0.3) is 0 Å². The summed E-state index contributed by atoms with van der Waals surface area (Å²) in [5.74, 6) is 0. The van der Waals surface area contributed by atoms with Crippen molar-refractivity contribution < 1.29 is 94.5 Å². The first-order valence-corrected chi connectivity index (χ1v) is 2.75. The molecule has 0 aromatic rings. The third kappa shape index (κ3) is 716. The summed E-state index contributed by atoms with van der Waals surface area (Å²) < 4.78 is 31.6. The van der Waals surface area contributed by atoms with Gasteiger partial charge >= 0.3 is 75.7 Å². The number of carbonyl (C=O) groups is 1. The molecule has 0 saturated heterocycles. The summed E-state index contributed by atoms with van der Waals surface area (Å²) in [6, 6.07) is 0. The molecule has 0 aliphatic rings. The molecule has 0 unspecified atom stereocenters. The summed E-state index contributed by atoms with van der Waals surface area (Å²) in [7, 11) is -4.67. The first-order valence-electron chi connectivity index (χ1n) is 1.35. The standard InChI is InChI=1S/CH2O3.2Na.H2O4S.2H/c2-1(3)4;;;1-5(2,3)4;;/h(H2,2,3,4);;;(H2,1,2,3,4);;/q;2*+1;;2*-1. The zero-order chi connectivity index (χ0) is 8.08. The molecule has 0 fully saturated rings. The summed E-state index contributed by atoms with van der Waals surface area (Å²) in [6.07, 6.45) is -1.83. The van der Waals surface area contributed by atoms with Crippen molar-refractivity contribution in [2.24, 2.45) is 0 Å². The van der Waals surface area contributed by atoms with Gasteiger partial charge in [-0.2, -0.15) is 8.42 Å². The van der Waals surface area contributed by atoms with Crippen LogP contribution in [0.1, 0.15) is 2.85 Å². The predicted octanol–water partition coefficient (Wildman–Crippen LogP) is -6.20. The van der Waals surface area contributed by atoms with Crippen molar-refractivity contribution >= 4 is 16.6 Å². The Labute approximate surface area is 110 Å². The van der Waals surface area contributed by atoms with Gasteiger partial charge in [0.25, 0.3) is 0 Å². The molecule has 0 atom stereocenters. The van der Waals surface area contributed by atoms with Gasteiger partial charge in [0.05, 0.1) is 0 Å². The normalized spacial score (nSPS) is 7.45. The van der Waals surface area contributed by atoms with Gasteiger partial charge in [-0.05, 0) is 0 Å². The van der Waals surface area contributed by atoms with Crippen LogP contribution in [-0.2, 0) is 10.4 Å². The van der Waals surface area contributed by atoms with Crippen LogP contribution < -0.4 is 59.1 Å². The minimum Gasteiger partial charge on any atom is -1.00 e. The fourth-order valence-corrected chi connectivity index (χ4v) is 0. The van der Waals surface area contributed by atoms with Crippen molar-refractivity contribution in [3.63, 3.8) is 0 Å². The molecule has 0 amide bonds. The van der Waals surface area contributed by atoms with Crippen LogP contribution in [0.15, 0.2) is 0 Å². The molecule has 0 aliphatic carbocycles. The molecule has 4 N–H and O–H groups in total. The van der Waals surface area contributed by atoms with Gasteiger partial charge < -0.3 is 13.1 Å². The van der Waals surface area contributed by atoms with Crippen molar-refractivity contribution in [2.45, 2.75) is 0 Å². The molecule has 0 saturated carbocycles. The summed E-state index contributed by atoms with van der Waals surface area (Å²) >= 11 is 0. The Kier molecular flexibility index (Phi) is 23.0. The van der Waals surface area contributed by atoms with Crippen LogP contribution in [0, 0.1) is 0 Å². The zero-order valence-electron chi connectivity index (χ0n) is 7.92. The quantitative estimate of drug-likeness (QED) is 0.230. The Hall–Kier alpha value is 1.14. The predicted molar refractivity (Wildman–Crippen MR) is 27.1 cm³/mol. The molecule has 0 aliphatic heterocycles. The molecule has 0 rings (SSSR count). The van der Waals surface area contributed by atoms with Crippen LogP contribution in [-0.4, -0.2) is 33.9 Å². The van der Waals surface area contributed by atoms with Crippen LogP contribution in [0.5, 0.6) is 0 Å². The Morgan fingerprint density at radius 3 is 1.09 bits per heavy atom. The number of carboxylic acid groups (broad SMARTS) is 2. The van der Waals surface area contributed by atoms with Crippen molar-refractivity contribution in [1.29, 1.82) is 0 Å². The van der Waals surface area contributed by atoms with Crippen LogP contribution >= 0.6 is 0 Å². The maximum atomic E-state index is 8.74. The van der Waals surface area contributed by atoms with Gasteiger partial charge in [-0.1, -0.05) is 0 Å². The molecule has 0 aromatic carbocycles. The van der Waals surface area contributed by atoms with E-state index in [4.69, 9.17) is 32.5 Å². The van der Waals surface area contributed by atoms with E-state index in [1.165, 1.54) is 0 Å². The van der Waals surface area contributed by atoms with Gasteiger partial charge in [-0.25, -0.2) is 4.79 Å². The molecule has 0 spiro atoms. The molecule has 0 heterocycles. The van der Waals surface area contributed by atoms with Crippen molar-refractivity contribution in [3.05, 3.63) is 0 Å². The van der Waals surface area contributed by atoms with Crippen molar-refractivity contribution in [3.8, 4) is 0 Å². The van der Waals surface area contributed by atoms with Gasteiger partial charge in [0.15, 0.2) is 0 Å². The number of rotatable bonds is 0. The summed E-state index contributed by atoms with van der Waals surface area (Å²) in [4.78, 5) is 8.56. The van der Waals surface area contributed by atoms with Gasteiger partial charge in [-0.15, -0.1) is 0 Å². The van der Waals surface area contributed by atoms with E-state index in [0.29, 0.717) is 0 Å². The Morgan fingerprint density at radius 1 is 1.09 bits per heavy atom. The van der Waals surface area contributed by atoms with Crippen molar-refractivity contribution in [2.75, 3.05) is 0 Å². The molecule has 11 heavy (non-hydrogen) atoms. The molecule has 10 heteroatoms. The second-order valence-corrected chi connectivity index (χ2v) is 1.63. The fraction of sp³-hybridized carbons (Fsp3) is 0. The fourth-order valence-electron chi connectivity index (χ4n) is 0. The first-order chi connectivity index (χ1) is 3.73. The first kappa shape index (κ1) is 22.7. The minimum atomic E-state index is -4.67. The van der Waals surface area contributed by atoms with E-state index in [1.807, 2.05) is 0 Å². The molecule has 0 aromatic heterocycles. The monoisotopic (exact) mass is 208 g/mol. The minimum absolute atomic E-state index is 0. The molecular formula is CH6Na2O7S. The van der Waals surface area contributed by atoms with E-state index in [0.717, 1.165) is 0 Å². The molecular weight excluding hydrogens is 202 g/mol. The topological polar surface area (TPSA) is 132 Å². The van der Waals surface area contributed by atoms with Crippen molar-refractivity contribution in [1.82, 2.24) is 0 Å². The van der Waals surface area contributed by atoms with Crippen LogP contribution in [0.3, 0.4) is 0 Å². The molecule has 0 radical (unpaired) electrons. The van der Waals surface area contributed by atoms with E-state index in [9.17, 15) is 0 Å². The zero-order valence-corrected chi connectivity index (χ0v) is 10.7. The van der Waals surface area contributed by atoms with Crippen LogP contribution in [0.2, 0.25) is 0 Å². The number of hydrogen-bond acceptors (Lipinski definition) is 3. The molecule has 7 nitrogen and oxygen atoms in total. The second kappa shape index (κ2) is 11.1.